The Hall–Kier alpha value is -3.55. The number of hydrogen-bond donors (Lipinski definition) is 1. The highest BCUT2D eigenvalue weighted by Gasteiger charge is 2.43. The first-order chi connectivity index (χ1) is 18.7. The molecule has 2 amide bonds. The maximum absolute atomic E-state index is 13.9. The third kappa shape index (κ3) is 6.47. The van der Waals surface area contributed by atoms with Crippen LogP contribution >= 0.6 is 0 Å². The monoisotopic (exact) mass is 511 g/mol. The van der Waals surface area contributed by atoms with Gasteiger partial charge in [-0.3, -0.25) is 19.5 Å². The zero-order chi connectivity index (χ0) is 26.2. The lowest BCUT2D eigenvalue weighted by Crippen LogP contribution is -2.48. The van der Waals surface area contributed by atoms with Crippen LogP contribution in [-0.4, -0.2) is 82.9 Å². The number of nitrogens with one attached hydrogen (secondary N) is 1. The topological polar surface area (TPSA) is 68.8 Å². The number of nitrogens with zero attached hydrogens (tertiary/aromatic N) is 4. The molecule has 3 heterocycles. The van der Waals surface area contributed by atoms with E-state index in [1.165, 1.54) is 11.1 Å². The molecule has 2 saturated heterocycles. The first-order valence-corrected chi connectivity index (χ1v) is 13.7. The van der Waals surface area contributed by atoms with Gasteiger partial charge in [-0.05, 0) is 49.1 Å². The molecule has 198 valence electrons. The van der Waals surface area contributed by atoms with Crippen LogP contribution in [0.4, 0.5) is 0 Å². The maximum Gasteiger partial charge on any atom is 0.256 e. The van der Waals surface area contributed by atoms with Gasteiger partial charge in [0.15, 0.2) is 0 Å². The number of likely N-dealkylation sites (tertiary alicyclic amines) is 1. The lowest BCUT2D eigenvalue weighted by molar-refractivity contribution is -0.135. The molecule has 2 aliphatic heterocycles. The summed E-state index contributed by atoms with van der Waals surface area (Å²) in [4.78, 5) is 38.0. The largest absolute Gasteiger partial charge is 0.340 e. The second kappa shape index (κ2) is 12.8. The number of amides is 2. The van der Waals surface area contributed by atoms with Crippen LogP contribution in [-0.2, 0) is 17.8 Å². The second-order valence-electron chi connectivity index (χ2n) is 10.2. The fraction of sp³-hybridized carbons (Fsp3) is 0.387. The predicted octanol–water partition coefficient (Wildman–Crippen LogP) is 3.23. The SMILES string of the molecule is O=C(C1CC(N(CCc2ccccc2)Cc2ccccc2)CN1C(=O)c1cccnc1)N1CCCNCC1. The molecule has 2 atom stereocenters. The van der Waals surface area contributed by atoms with E-state index < -0.39 is 6.04 Å². The van der Waals surface area contributed by atoms with Crippen molar-refractivity contribution in [2.45, 2.75) is 37.9 Å². The van der Waals surface area contributed by atoms with Gasteiger partial charge in [-0.2, -0.15) is 0 Å². The average Bonchev–Trinajstić information content (AvgIpc) is 3.23. The molecule has 5 rings (SSSR count). The fourth-order valence-electron chi connectivity index (χ4n) is 5.59. The van der Waals surface area contributed by atoms with Gasteiger partial charge in [0.2, 0.25) is 5.91 Å². The molecule has 38 heavy (non-hydrogen) atoms. The molecule has 1 aromatic heterocycles. The molecule has 1 N–H and O–H groups in total. The van der Waals surface area contributed by atoms with Crippen LogP contribution in [0.5, 0.6) is 0 Å². The summed E-state index contributed by atoms with van der Waals surface area (Å²) in [7, 11) is 0. The van der Waals surface area contributed by atoms with Crippen LogP contribution in [0.25, 0.3) is 0 Å². The molecule has 0 saturated carbocycles. The molecule has 7 nitrogen and oxygen atoms in total. The molecule has 0 bridgehead atoms. The molecule has 2 fully saturated rings. The molecule has 0 aliphatic carbocycles. The van der Waals surface area contributed by atoms with Crippen molar-refractivity contribution in [1.82, 2.24) is 25.0 Å². The molecule has 3 aromatic rings. The minimum atomic E-state index is -0.471. The summed E-state index contributed by atoms with van der Waals surface area (Å²) in [5, 5.41) is 3.38. The van der Waals surface area contributed by atoms with Crippen molar-refractivity contribution in [2.24, 2.45) is 0 Å². The third-order valence-corrected chi connectivity index (χ3v) is 7.66. The van der Waals surface area contributed by atoms with Crippen molar-refractivity contribution in [3.05, 3.63) is 102 Å². The Kier molecular flexibility index (Phi) is 8.78. The minimum absolute atomic E-state index is 0.0659. The van der Waals surface area contributed by atoms with Crippen LogP contribution in [0.3, 0.4) is 0 Å². The number of rotatable bonds is 8. The van der Waals surface area contributed by atoms with Gasteiger partial charge in [0.1, 0.15) is 6.04 Å². The van der Waals surface area contributed by atoms with Crippen LogP contribution in [0, 0.1) is 0 Å². The van der Waals surface area contributed by atoms with Crippen LogP contribution in [0.15, 0.2) is 85.2 Å². The molecule has 7 heteroatoms. The van der Waals surface area contributed by atoms with Gasteiger partial charge in [-0.1, -0.05) is 60.7 Å². The number of pyridine rings is 1. The standard InChI is InChI=1S/C31H37N5O2/c37-30(27-13-7-15-33-22-27)36-24-28(21-29(36)31(38)34-18-8-16-32-17-20-34)35(23-26-11-5-2-6-12-26)19-14-25-9-3-1-4-10-25/h1-7,9-13,15,22,28-29,32H,8,14,16-21,23-24H2. The van der Waals surface area contributed by atoms with Crippen molar-refractivity contribution >= 4 is 11.8 Å². The molecule has 2 aliphatic rings. The smallest absolute Gasteiger partial charge is 0.256 e. The van der Waals surface area contributed by atoms with Crippen LogP contribution in [0.1, 0.15) is 34.3 Å². The van der Waals surface area contributed by atoms with Gasteiger partial charge in [0.05, 0.1) is 5.56 Å². The Morgan fingerprint density at radius 1 is 0.921 bits per heavy atom. The normalized spacial score (nSPS) is 19.9. The average molecular weight is 512 g/mol. The molecule has 2 aromatic carbocycles. The van der Waals surface area contributed by atoms with E-state index in [1.54, 1.807) is 24.5 Å². The van der Waals surface area contributed by atoms with Crippen molar-refractivity contribution in [1.29, 1.82) is 0 Å². The first-order valence-electron chi connectivity index (χ1n) is 13.7. The van der Waals surface area contributed by atoms with E-state index in [-0.39, 0.29) is 17.9 Å². The van der Waals surface area contributed by atoms with E-state index in [1.807, 2.05) is 21.9 Å². The number of hydrogen-bond acceptors (Lipinski definition) is 5. The first kappa shape index (κ1) is 26.1. The molecular weight excluding hydrogens is 474 g/mol. The van der Waals surface area contributed by atoms with Crippen molar-refractivity contribution in [2.75, 3.05) is 39.3 Å². The van der Waals surface area contributed by atoms with Crippen LogP contribution < -0.4 is 5.32 Å². The van der Waals surface area contributed by atoms with E-state index in [2.05, 4.69) is 63.7 Å². The highest BCUT2D eigenvalue weighted by atomic mass is 16.2. The number of aromatic nitrogens is 1. The quantitative estimate of drug-likeness (QED) is 0.503. The molecular formula is C31H37N5O2. The fourth-order valence-corrected chi connectivity index (χ4v) is 5.59. The van der Waals surface area contributed by atoms with E-state index in [4.69, 9.17) is 0 Å². The van der Waals surface area contributed by atoms with Crippen LogP contribution in [0.2, 0.25) is 0 Å². The van der Waals surface area contributed by atoms with E-state index in [9.17, 15) is 9.59 Å². The van der Waals surface area contributed by atoms with Gasteiger partial charge < -0.3 is 15.1 Å². The minimum Gasteiger partial charge on any atom is -0.340 e. The molecule has 0 radical (unpaired) electrons. The zero-order valence-electron chi connectivity index (χ0n) is 21.9. The van der Waals surface area contributed by atoms with Gasteiger partial charge in [0, 0.05) is 57.7 Å². The summed E-state index contributed by atoms with van der Waals surface area (Å²) >= 11 is 0. The van der Waals surface area contributed by atoms with Gasteiger partial charge >= 0.3 is 0 Å². The molecule has 0 spiro atoms. The zero-order valence-corrected chi connectivity index (χ0v) is 21.9. The summed E-state index contributed by atoms with van der Waals surface area (Å²) in [5.74, 6) is -0.0502. The number of carbonyl (C=O) groups is 2. The third-order valence-electron chi connectivity index (χ3n) is 7.66. The van der Waals surface area contributed by atoms with Gasteiger partial charge in [0.25, 0.3) is 5.91 Å². The lowest BCUT2D eigenvalue weighted by Gasteiger charge is -2.29. The Balaban J connectivity index is 1.40. The number of carbonyl (C=O) groups excluding carboxylic acids is 2. The Bertz CT molecular complexity index is 1170. The maximum atomic E-state index is 13.9. The highest BCUT2D eigenvalue weighted by molar-refractivity contribution is 5.97. The summed E-state index contributed by atoms with van der Waals surface area (Å²) < 4.78 is 0. The summed E-state index contributed by atoms with van der Waals surface area (Å²) in [5.41, 5.74) is 3.05. The summed E-state index contributed by atoms with van der Waals surface area (Å²) in [6.45, 7) is 5.27. The van der Waals surface area contributed by atoms with Crippen molar-refractivity contribution in [3.8, 4) is 0 Å². The van der Waals surface area contributed by atoms with E-state index in [0.717, 1.165) is 45.6 Å². The van der Waals surface area contributed by atoms with Crippen molar-refractivity contribution in [3.63, 3.8) is 0 Å². The highest BCUT2D eigenvalue weighted by Crippen LogP contribution is 2.27. The Labute approximate surface area is 225 Å². The number of benzene rings is 2. The Morgan fingerprint density at radius 3 is 2.42 bits per heavy atom. The summed E-state index contributed by atoms with van der Waals surface area (Å²) in [6, 6.07) is 24.2. The van der Waals surface area contributed by atoms with E-state index >= 15 is 0 Å². The van der Waals surface area contributed by atoms with Gasteiger partial charge in [-0.25, -0.2) is 0 Å². The van der Waals surface area contributed by atoms with Gasteiger partial charge in [-0.15, -0.1) is 0 Å². The van der Waals surface area contributed by atoms with Crippen molar-refractivity contribution < 1.29 is 9.59 Å². The Morgan fingerprint density at radius 2 is 1.68 bits per heavy atom. The summed E-state index contributed by atoms with van der Waals surface area (Å²) in [6.07, 6.45) is 5.75. The molecule has 2 unspecified atom stereocenters. The predicted molar refractivity (Wildman–Crippen MR) is 149 cm³/mol. The lowest BCUT2D eigenvalue weighted by atomic mass is 10.1. The van der Waals surface area contributed by atoms with E-state index in [0.29, 0.717) is 25.1 Å². The second-order valence-corrected chi connectivity index (χ2v) is 10.2.